The summed E-state index contributed by atoms with van der Waals surface area (Å²) >= 11 is 0. The number of nitrogens with zero attached hydrogens (tertiary/aromatic N) is 1. The predicted octanol–water partition coefficient (Wildman–Crippen LogP) is 1.49. The van der Waals surface area contributed by atoms with Gasteiger partial charge in [0.1, 0.15) is 6.04 Å². The summed E-state index contributed by atoms with van der Waals surface area (Å²) in [6.07, 6.45) is 4.10. The number of likely N-dealkylation sites (tertiary alicyclic amines) is 1. The third kappa shape index (κ3) is 3.34. The van der Waals surface area contributed by atoms with Gasteiger partial charge in [-0.1, -0.05) is 6.07 Å². The van der Waals surface area contributed by atoms with Crippen LogP contribution in [0.5, 0.6) is 11.5 Å². The maximum atomic E-state index is 12.1. The minimum atomic E-state index is -0.972. The van der Waals surface area contributed by atoms with Crippen LogP contribution in [0, 0.1) is 0 Å². The number of benzene rings is 1. The minimum absolute atomic E-state index is 0.0199. The van der Waals surface area contributed by atoms with Crippen LogP contribution in [0.25, 0.3) is 6.08 Å². The number of carbonyl (C=O) groups excluding carboxylic acids is 1. The van der Waals surface area contributed by atoms with E-state index in [2.05, 4.69) is 0 Å². The molecule has 2 rings (SSSR count). The van der Waals surface area contributed by atoms with Gasteiger partial charge in [0.25, 0.3) is 0 Å². The molecule has 1 atom stereocenters. The highest BCUT2D eigenvalue weighted by Crippen LogP contribution is 2.27. The summed E-state index contributed by atoms with van der Waals surface area (Å²) in [7, 11) is 1.44. The topological polar surface area (TPSA) is 87.1 Å². The number of phenols is 1. The van der Waals surface area contributed by atoms with E-state index < -0.39 is 12.0 Å². The molecule has 1 aromatic rings. The van der Waals surface area contributed by atoms with Gasteiger partial charge in [-0.05, 0) is 36.6 Å². The fourth-order valence-corrected chi connectivity index (χ4v) is 2.35. The molecule has 0 spiro atoms. The molecule has 21 heavy (non-hydrogen) atoms. The number of hydrogen-bond acceptors (Lipinski definition) is 4. The summed E-state index contributed by atoms with van der Waals surface area (Å²) in [4.78, 5) is 24.5. The highest BCUT2D eigenvalue weighted by Gasteiger charge is 2.32. The van der Waals surface area contributed by atoms with E-state index in [1.807, 2.05) is 0 Å². The SMILES string of the molecule is COc1cc(C=CC(=O)N2CCC[C@H]2C(=O)O)ccc1O. The van der Waals surface area contributed by atoms with Crippen LogP contribution < -0.4 is 4.74 Å². The number of hydrogen-bond donors (Lipinski definition) is 2. The lowest BCUT2D eigenvalue weighted by atomic mass is 10.2. The Labute approximate surface area is 122 Å². The highest BCUT2D eigenvalue weighted by molar-refractivity contribution is 5.94. The number of rotatable bonds is 4. The zero-order valence-corrected chi connectivity index (χ0v) is 11.7. The van der Waals surface area contributed by atoms with Gasteiger partial charge in [-0.25, -0.2) is 4.79 Å². The molecule has 6 nitrogen and oxygen atoms in total. The Bertz CT molecular complexity index is 581. The Balaban J connectivity index is 2.10. The Morgan fingerprint density at radius 2 is 2.19 bits per heavy atom. The van der Waals surface area contributed by atoms with Crippen LogP contribution in [-0.4, -0.2) is 46.7 Å². The lowest BCUT2D eigenvalue weighted by Gasteiger charge is -2.19. The van der Waals surface area contributed by atoms with E-state index in [4.69, 9.17) is 9.84 Å². The maximum absolute atomic E-state index is 12.1. The molecular formula is C15H17NO5. The van der Waals surface area contributed by atoms with Gasteiger partial charge in [0.2, 0.25) is 5.91 Å². The zero-order chi connectivity index (χ0) is 15.4. The quantitative estimate of drug-likeness (QED) is 0.821. The zero-order valence-electron chi connectivity index (χ0n) is 11.7. The standard InChI is InChI=1S/C15H17NO5/c1-21-13-9-10(4-6-12(13)17)5-7-14(18)16-8-2-3-11(16)15(19)20/h4-7,9,11,17H,2-3,8H2,1H3,(H,19,20)/t11-/m0/s1. The number of carboxylic acids is 1. The summed E-state index contributed by atoms with van der Waals surface area (Å²) < 4.78 is 4.98. The van der Waals surface area contributed by atoms with Crippen molar-refractivity contribution in [3.05, 3.63) is 29.8 Å². The van der Waals surface area contributed by atoms with Crippen molar-refractivity contribution in [2.45, 2.75) is 18.9 Å². The lowest BCUT2D eigenvalue weighted by molar-refractivity contribution is -0.146. The van der Waals surface area contributed by atoms with E-state index in [1.54, 1.807) is 18.2 Å². The lowest BCUT2D eigenvalue weighted by Crippen LogP contribution is -2.39. The molecule has 1 heterocycles. The summed E-state index contributed by atoms with van der Waals surface area (Å²) in [5.74, 6) is -0.965. The molecule has 0 radical (unpaired) electrons. The summed E-state index contributed by atoms with van der Waals surface area (Å²) in [5, 5.41) is 18.5. The third-order valence-corrected chi connectivity index (χ3v) is 3.44. The van der Waals surface area contributed by atoms with Crippen molar-refractivity contribution < 1.29 is 24.5 Å². The average molecular weight is 291 g/mol. The molecule has 112 valence electrons. The average Bonchev–Trinajstić information content (AvgIpc) is 2.95. The van der Waals surface area contributed by atoms with Crippen LogP contribution in [-0.2, 0) is 9.59 Å². The van der Waals surface area contributed by atoms with Crippen molar-refractivity contribution in [2.24, 2.45) is 0 Å². The molecule has 1 fully saturated rings. The number of aromatic hydroxyl groups is 1. The van der Waals surface area contributed by atoms with Crippen molar-refractivity contribution in [3.63, 3.8) is 0 Å². The van der Waals surface area contributed by atoms with Crippen LogP contribution >= 0.6 is 0 Å². The van der Waals surface area contributed by atoms with E-state index in [0.29, 0.717) is 30.7 Å². The van der Waals surface area contributed by atoms with Crippen LogP contribution in [0.4, 0.5) is 0 Å². The van der Waals surface area contributed by atoms with Crippen molar-refractivity contribution in [3.8, 4) is 11.5 Å². The Hall–Kier alpha value is -2.50. The smallest absolute Gasteiger partial charge is 0.326 e. The van der Waals surface area contributed by atoms with E-state index >= 15 is 0 Å². The van der Waals surface area contributed by atoms with Gasteiger partial charge >= 0.3 is 5.97 Å². The van der Waals surface area contributed by atoms with Crippen molar-refractivity contribution in [1.82, 2.24) is 4.90 Å². The Morgan fingerprint density at radius 1 is 1.43 bits per heavy atom. The number of methoxy groups -OCH3 is 1. The normalized spacial score (nSPS) is 18.1. The van der Waals surface area contributed by atoms with Crippen molar-refractivity contribution >= 4 is 18.0 Å². The van der Waals surface area contributed by atoms with Gasteiger partial charge in [-0.15, -0.1) is 0 Å². The van der Waals surface area contributed by atoms with Crippen molar-refractivity contribution in [1.29, 1.82) is 0 Å². The monoisotopic (exact) mass is 291 g/mol. The number of carbonyl (C=O) groups is 2. The molecule has 0 bridgehead atoms. The van der Waals surface area contributed by atoms with Gasteiger partial charge in [-0.2, -0.15) is 0 Å². The van der Waals surface area contributed by atoms with E-state index in [9.17, 15) is 14.7 Å². The first-order valence-corrected chi connectivity index (χ1v) is 6.61. The first-order chi connectivity index (χ1) is 10.0. The van der Waals surface area contributed by atoms with Gasteiger partial charge in [-0.3, -0.25) is 4.79 Å². The first kappa shape index (κ1) is 14.9. The molecule has 1 aliphatic heterocycles. The maximum Gasteiger partial charge on any atom is 0.326 e. The summed E-state index contributed by atoms with van der Waals surface area (Å²) in [6.45, 7) is 0.457. The van der Waals surface area contributed by atoms with Crippen LogP contribution in [0.3, 0.4) is 0 Å². The second kappa shape index (κ2) is 6.30. The molecule has 0 saturated carbocycles. The predicted molar refractivity (Wildman–Crippen MR) is 76.1 cm³/mol. The minimum Gasteiger partial charge on any atom is -0.504 e. The van der Waals surface area contributed by atoms with Gasteiger partial charge in [0.15, 0.2) is 11.5 Å². The second-order valence-corrected chi connectivity index (χ2v) is 4.79. The molecule has 0 aromatic heterocycles. The fraction of sp³-hybridized carbons (Fsp3) is 0.333. The van der Waals surface area contributed by atoms with Crippen molar-refractivity contribution in [2.75, 3.05) is 13.7 Å². The number of ether oxygens (including phenoxy) is 1. The molecule has 0 unspecified atom stereocenters. The molecular weight excluding hydrogens is 274 g/mol. The van der Waals surface area contributed by atoms with Crippen LogP contribution in [0.2, 0.25) is 0 Å². The summed E-state index contributed by atoms with van der Waals surface area (Å²) in [6, 6.07) is 3.97. The van der Waals surface area contributed by atoms with Gasteiger partial charge < -0.3 is 19.8 Å². The number of carboxylic acid groups (broad SMARTS) is 1. The number of amides is 1. The molecule has 1 saturated heterocycles. The fourth-order valence-electron chi connectivity index (χ4n) is 2.35. The van der Waals surface area contributed by atoms with E-state index in [0.717, 1.165) is 0 Å². The number of phenolic OH excluding ortho intramolecular Hbond substituents is 1. The second-order valence-electron chi connectivity index (χ2n) is 4.79. The molecule has 6 heteroatoms. The number of aliphatic carboxylic acids is 1. The van der Waals surface area contributed by atoms with Crippen LogP contribution in [0.15, 0.2) is 24.3 Å². The Morgan fingerprint density at radius 3 is 2.86 bits per heavy atom. The van der Waals surface area contributed by atoms with Crippen LogP contribution in [0.1, 0.15) is 18.4 Å². The third-order valence-electron chi connectivity index (χ3n) is 3.44. The Kier molecular flexibility index (Phi) is 4.47. The van der Waals surface area contributed by atoms with E-state index in [1.165, 1.54) is 24.2 Å². The summed E-state index contributed by atoms with van der Waals surface area (Å²) in [5.41, 5.74) is 0.684. The first-order valence-electron chi connectivity index (χ1n) is 6.61. The van der Waals surface area contributed by atoms with Gasteiger partial charge in [0.05, 0.1) is 7.11 Å². The molecule has 2 N–H and O–H groups in total. The largest absolute Gasteiger partial charge is 0.504 e. The molecule has 1 aliphatic rings. The van der Waals surface area contributed by atoms with Gasteiger partial charge in [0, 0.05) is 12.6 Å². The molecule has 0 aliphatic carbocycles. The highest BCUT2D eigenvalue weighted by atomic mass is 16.5. The molecule has 1 aromatic carbocycles. The van der Waals surface area contributed by atoms with E-state index in [-0.39, 0.29) is 11.7 Å². The molecule has 1 amide bonds.